The average Bonchev–Trinajstić information content (AvgIpc) is 2.58. The van der Waals surface area contributed by atoms with Crippen molar-refractivity contribution in [3.63, 3.8) is 0 Å². The van der Waals surface area contributed by atoms with Crippen LogP contribution in [0.25, 0.3) is 0 Å². The van der Waals surface area contributed by atoms with Crippen LogP contribution in [0.5, 0.6) is 0 Å². The third kappa shape index (κ3) is 5.45. The average molecular weight is 338 g/mol. The molecule has 0 aliphatic rings. The highest BCUT2D eigenvalue weighted by Crippen LogP contribution is 2.16. The Labute approximate surface area is 149 Å². The number of benzene rings is 2. The first-order chi connectivity index (χ1) is 12.0. The summed E-state index contributed by atoms with van der Waals surface area (Å²) >= 11 is 0. The number of amides is 2. The molecule has 0 atom stereocenters. The number of hydrogen-bond acceptors (Lipinski definition) is 2. The lowest BCUT2D eigenvalue weighted by Crippen LogP contribution is -2.26. The standard InChI is InChI=1S/C21H26N2O2/c1-4-5-12-22-21(25)18-8-6-7-9-19(18)23-20(24)14-17-11-10-15(2)16(3)13-17/h6-11,13H,4-5,12,14H2,1-3H3,(H,22,25)(H,23,24). The highest BCUT2D eigenvalue weighted by Gasteiger charge is 2.13. The van der Waals surface area contributed by atoms with E-state index in [-0.39, 0.29) is 18.2 Å². The zero-order valence-corrected chi connectivity index (χ0v) is 15.2. The Balaban J connectivity index is 2.05. The lowest BCUT2D eigenvalue weighted by Gasteiger charge is -2.12. The summed E-state index contributed by atoms with van der Waals surface area (Å²) in [5, 5.41) is 5.75. The van der Waals surface area contributed by atoms with Gasteiger partial charge >= 0.3 is 0 Å². The van der Waals surface area contributed by atoms with Gasteiger partial charge in [-0.15, -0.1) is 0 Å². The molecule has 4 nitrogen and oxygen atoms in total. The Bertz CT molecular complexity index is 753. The van der Waals surface area contributed by atoms with E-state index in [4.69, 9.17) is 0 Å². The number of anilines is 1. The van der Waals surface area contributed by atoms with Crippen LogP contribution in [0, 0.1) is 13.8 Å². The maximum atomic E-state index is 12.4. The topological polar surface area (TPSA) is 58.2 Å². The van der Waals surface area contributed by atoms with E-state index in [1.165, 1.54) is 11.1 Å². The molecule has 0 aromatic heterocycles. The largest absolute Gasteiger partial charge is 0.352 e. The van der Waals surface area contributed by atoms with E-state index < -0.39 is 0 Å². The molecule has 0 bridgehead atoms. The number of unbranched alkanes of at least 4 members (excludes halogenated alkanes) is 1. The second-order valence-corrected chi connectivity index (χ2v) is 6.30. The number of aryl methyl sites for hydroxylation is 2. The summed E-state index contributed by atoms with van der Waals surface area (Å²) < 4.78 is 0. The van der Waals surface area contributed by atoms with Crippen LogP contribution in [0.3, 0.4) is 0 Å². The second kappa shape index (κ2) is 9.02. The normalized spacial score (nSPS) is 10.4. The van der Waals surface area contributed by atoms with Gasteiger partial charge < -0.3 is 10.6 Å². The predicted molar refractivity (Wildman–Crippen MR) is 102 cm³/mol. The van der Waals surface area contributed by atoms with Crippen molar-refractivity contribution in [2.75, 3.05) is 11.9 Å². The molecule has 0 radical (unpaired) electrons. The van der Waals surface area contributed by atoms with Crippen molar-refractivity contribution < 1.29 is 9.59 Å². The number of para-hydroxylation sites is 1. The van der Waals surface area contributed by atoms with Gasteiger partial charge in [-0.2, -0.15) is 0 Å². The molecule has 0 saturated carbocycles. The van der Waals surface area contributed by atoms with Crippen LogP contribution in [0.15, 0.2) is 42.5 Å². The third-order valence-electron chi connectivity index (χ3n) is 4.20. The summed E-state index contributed by atoms with van der Waals surface area (Å²) in [5.41, 5.74) is 4.38. The Morgan fingerprint density at radius 3 is 2.48 bits per heavy atom. The Morgan fingerprint density at radius 2 is 1.76 bits per heavy atom. The van der Waals surface area contributed by atoms with Crippen LogP contribution in [0.4, 0.5) is 5.69 Å². The zero-order valence-electron chi connectivity index (χ0n) is 15.2. The molecule has 25 heavy (non-hydrogen) atoms. The maximum absolute atomic E-state index is 12.4. The van der Waals surface area contributed by atoms with Crippen LogP contribution in [0.1, 0.15) is 46.8 Å². The van der Waals surface area contributed by atoms with E-state index in [2.05, 4.69) is 17.6 Å². The number of carbonyl (C=O) groups excluding carboxylic acids is 2. The van der Waals surface area contributed by atoms with Crippen LogP contribution in [0.2, 0.25) is 0 Å². The molecule has 2 aromatic rings. The molecule has 0 aliphatic heterocycles. The van der Waals surface area contributed by atoms with Crippen LogP contribution >= 0.6 is 0 Å². The number of rotatable bonds is 7. The number of nitrogens with one attached hydrogen (secondary N) is 2. The van der Waals surface area contributed by atoms with Crippen molar-refractivity contribution in [2.45, 2.75) is 40.0 Å². The minimum absolute atomic E-state index is 0.128. The fraction of sp³-hybridized carbons (Fsp3) is 0.333. The quantitative estimate of drug-likeness (QED) is 0.749. The molecule has 2 amide bonds. The first kappa shape index (κ1) is 18.7. The number of hydrogen-bond donors (Lipinski definition) is 2. The predicted octanol–water partition coefficient (Wildman–Crippen LogP) is 4.01. The molecule has 132 valence electrons. The molecule has 4 heteroatoms. The molecule has 0 fully saturated rings. The summed E-state index contributed by atoms with van der Waals surface area (Å²) in [6, 6.07) is 13.1. The monoisotopic (exact) mass is 338 g/mol. The van der Waals surface area contributed by atoms with Crippen LogP contribution in [-0.2, 0) is 11.2 Å². The minimum atomic E-state index is -0.157. The van der Waals surface area contributed by atoms with Gasteiger partial charge in [0.05, 0.1) is 17.7 Å². The van der Waals surface area contributed by atoms with Crippen molar-refractivity contribution >= 4 is 17.5 Å². The van der Waals surface area contributed by atoms with E-state index >= 15 is 0 Å². The van der Waals surface area contributed by atoms with Crippen molar-refractivity contribution in [1.82, 2.24) is 5.32 Å². The van der Waals surface area contributed by atoms with Crippen LogP contribution in [-0.4, -0.2) is 18.4 Å². The molecule has 0 unspecified atom stereocenters. The lowest BCUT2D eigenvalue weighted by atomic mass is 10.0. The second-order valence-electron chi connectivity index (χ2n) is 6.30. The zero-order chi connectivity index (χ0) is 18.2. The van der Waals surface area contributed by atoms with Gasteiger partial charge in [0.15, 0.2) is 0 Å². The van der Waals surface area contributed by atoms with Gasteiger partial charge in [0.25, 0.3) is 5.91 Å². The molecule has 2 N–H and O–H groups in total. The van der Waals surface area contributed by atoms with E-state index in [0.29, 0.717) is 17.8 Å². The number of carbonyl (C=O) groups is 2. The molecule has 2 rings (SSSR count). The van der Waals surface area contributed by atoms with E-state index in [0.717, 1.165) is 18.4 Å². The summed E-state index contributed by atoms with van der Waals surface area (Å²) in [7, 11) is 0. The van der Waals surface area contributed by atoms with Gasteiger partial charge in [-0.05, 0) is 49.1 Å². The Morgan fingerprint density at radius 1 is 1.00 bits per heavy atom. The maximum Gasteiger partial charge on any atom is 0.253 e. The molecule has 0 heterocycles. The van der Waals surface area contributed by atoms with E-state index in [1.807, 2.05) is 38.1 Å². The highest BCUT2D eigenvalue weighted by molar-refractivity contribution is 6.04. The Hall–Kier alpha value is -2.62. The van der Waals surface area contributed by atoms with Crippen molar-refractivity contribution in [1.29, 1.82) is 0 Å². The summed E-state index contributed by atoms with van der Waals surface area (Å²) in [6.45, 7) is 6.80. The fourth-order valence-electron chi connectivity index (χ4n) is 2.56. The minimum Gasteiger partial charge on any atom is -0.352 e. The SMILES string of the molecule is CCCCNC(=O)c1ccccc1NC(=O)Cc1ccc(C)c(C)c1. The first-order valence-electron chi connectivity index (χ1n) is 8.74. The molecule has 2 aromatic carbocycles. The lowest BCUT2D eigenvalue weighted by molar-refractivity contribution is -0.115. The van der Waals surface area contributed by atoms with E-state index in [9.17, 15) is 9.59 Å². The van der Waals surface area contributed by atoms with Gasteiger partial charge in [-0.1, -0.05) is 43.7 Å². The van der Waals surface area contributed by atoms with E-state index in [1.54, 1.807) is 18.2 Å². The van der Waals surface area contributed by atoms with Gasteiger partial charge in [-0.25, -0.2) is 0 Å². The highest BCUT2D eigenvalue weighted by atomic mass is 16.2. The summed E-state index contributed by atoms with van der Waals surface area (Å²) in [6.07, 6.45) is 2.24. The van der Waals surface area contributed by atoms with Crippen LogP contribution < -0.4 is 10.6 Å². The van der Waals surface area contributed by atoms with Gasteiger partial charge in [0.2, 0.25) is 5.91 Å². The smallest absolute Gasteiger partial charge is 0.253 e. The van der Waals surface area contributed by atoms with Crippen molar-refractivity contribution in [3.05, 3.63) is 64.7 Å². The first-order valence-corrected chi connectivity index (χ1v) is 8.74. The molecule has 0 spiro atoms. The third-order valence-corrected chi connectivity index (χ3v) is 4.20. The molecule has 0 saturated heterocycles. The summed E-state index contributed by atoms with van der Waals surface area (Å²) in [4.78, 5) is 24.7. The summed E-state index contributed by atoms with van der Waals surface area (Å²) in [5.74, 6) is -0.285. The molecular weight excluding hydrogens is 312 g/mol. The van der Waals surface area contributed by atoms with Gasteiger partial charge in [0.1, 0.15) is 0 Å². The van der Waals surface area contributed by atoms with Gasteiger partial charge in [-0.3, -0.25) is 9.59 Å². The Kier molecular flexibility index (Phi) is 6.75. The van der Waals surface area contributed by atoms with Gasteiger partial charge in [0, 0.05) is 6.54 Å². The molecule has 0 aliphatic carbocycles. The van der Waals surface area contributed by atoms with Crippen molar-refractivity contribution in [3.8, 4) is 0 Å². The van der Waals surface area contributed by atoms with Crippen molar-refractivity contribution in [2.24, 2.45) is 0 Å². The molecular formula is C21H26N2O2. The fourth-order valence-corrected chi connectivity index (χ4v) is 2.56.